The lowest BCUT2D eigenvalue weighted by molar-refractivity contribution is 1.41. The Balaban J connectivity index is 2.46. The van der Waals surface area contributed by atoms with Crippen molar-refractivity contribution in [1.29, 1.82) is 0 Å². The third-order valence-corrected chi connectivity index (χ3v) is 2.18. The van der Waals surface area contributed by atoms with Crippen LogP contribution >= 0.6 is 11.3 Å². The van der Waals surface area contributed by atoms with E-state index in [2.05, 4.69) is 11.1 Å². The second-order valence-corrected chi connectivity index (χ2v) is 3.01. The Morgan fingerprint density at radius 1 is 1.36 bits per heavy atom. The number of nitrogens with zero attached hydrogens (tertiary/aromatic N) is 1. The van der Waals surface area contributed by atoms with Crippen LogP contribution in [0.25, 0.3) is 10.6 Å². The summed E-state index contributed by atoms with van der Waals surface area (Å²) in [5.41, 5.74) is 1.07. The summed E-state index contributed by atoms with van der Waals surface area (Å²) in [6, 6.07) is 11.0. The van der Waals surface area contributed by atoms with Gasteiger partial charge in [0.2, 0.25) is 0 Å². The van der Waals surface area contributed by atoms with Crippen LogP contribution in [0, 0.1) is 6.07 Å². The van der Waals surface area contributed by atoms with E-state index in [1.165, 1.54) is 0 Å². The molecule has 1 aromatic heterocycles. The number of hydrogen-bond donors (Lipinski definition) is 0. The van der Waals surface area contributed by atoms with Gasteiger partial charge in [-0.05, 0) is 6.07 Å². The van der Waals surface area contributed by atoms with E-state index in [9.17, 15) is 0 Å². The summed E-state index contributed by atoms with van der Waals surface area (Å²) in [6.45, 7) is 0. The molecule has 53 valence electrons. The van der Waals surface area contributed by atoms with Crippen LogP contribution in [0.2, 0.25) is 0 Å². The van der Waals surface area contributed by atoms with Gasteiger partial charge in [0.15, 0.2) is 0 Å². The Morgan fingerprint density at radius 3 is 3.00 bits per heavy atom. The minimum atomic E-state index is 1.03. The monoisotopic (exact) mass is 160 g/mol. The minimum Gasteiger partial charge on any atom is -0.245 e. The summed E-state index contributed by atoms with van der Waals surface area (Å²) in [6.07, 6.45) is 1.81. The maximum Gasteiger partial charge on any atom is 0.123 e. The minimum absolute atomic E-state index is 1.03. The predicted octanol–water partition coefficient (Wildman–Crippen LogP) is 2.61. The van der Waals surface area contributed by atoms with E-state index in [1.54, 1.807) is 17.5 Å². The summed E-state index contributed by atoms with van der Waals surface area (Å²) in [5.74, 6) is 0. The first-order valence-electron chi connectivity index (χ1n) is 3.33. The molecule has 0 N–H and O–H groups in total. The average Bonchev–Trinajstić information content (AvgIpc) is 2.58. The number of thiazole rings is 1. The number of benzene rings is 1. The van der Waals surface area contributed by atoms with Crippen molar-refractivity contribution in [2.75, 3.05) is 0 Å². The quantitative estimate of drug-likeness (QED) is 0.625. The van der Waals surface area contributed by atoms with E-state index < -0.39 is 0 Å². The van der Waals surface area contributed by atoms with Gasteiger partial charge >= 0.3 is 0 Å². The predicted molar refractivity (Wildman–Crippen MR) is 46.4 cm³/mol. The normalized spacial score (nSPS) is 9.82. The molecule has 0 saturated heterocycles. The molecule has 11 heavy (non-hydrogen) atoms. The van der Waals surface area contributed by atoms with Crippen molar-refractivity contribution < 1.29 is 0 Å². The molecule has 0 atom stereocenters. The molecule has 0 aliphatic rings. The SMILES string of the molecule is [c]1ccccc1-c1nccs1. The molecule has 1 heterocycles. The molecule has 0 spiro atoms. The van der Waals surface area contributed by atoms with Gasteiger partial charge in [0.1, 0.15) is 5.01 Å². The van der Waals surface area contributed by atoms with Crippen molar-refractivity contribution in [3.63, 3.8) is 0 Å². The molecular formula is C9H6NS. The van der Waals surface area contributed by atoms with E-state index >= 15 is 0 Å². The average molecular weight is 160 g/mol. The number of hydrogen-bond acceptors (Lipinski definition) is 2. The molecule has 2 aromatic rings. The highest BCUT2D eigenvalue weighted by Gasteiger charge is 1.96. The molecule has 0 aliphatic carbocycles. The van der Waals surface area contributed by atoms with Crippen molar-refractivity contribution in [3.05, 3.63) is 41.9 Å². The molecule has 0 amide bonds. The largest absolute Gasteiger partial charge is 0.245 e. The highest BCUT2D eigenvalue weighted by atomic mass is 32.1. The van der Waals surface area contributed by atoms with Gasteiger partial charge in [-0.25, -0.2) is 4.98 Å². The second kappa shape index (κ2) is 2.84. The molecule has 1 aromatic carbocycles. The summed E-state index contributed by atoms with van der Waals surface area (Å²) >= 11 is 1.63. The molecule has 0 fully saturated rings. The summed E-state index contributed by atoms with van der Waals surface area (Å²) in [4.78, 5) is 4.17. The molecule has 2 rings (SSSR count). The molecule has 0 bridgehead atoms. The van der Waals surface area contributed by atoms with Gasteiger partial charge in [0.25, 0.3) is 0 Å². The van der Waals surface area contributed by atoms with Gasteiger partial charge in [-0.3, -0.25) is 0 Å². The molecule has 0 saturated carbocycles. The van der Waals surface area contributed by atoms with Gasteiger partial charge in [0, 0.05) is 17.1 Å². The molecule has 2 heteroatoms. The van der Waals surface area contributed by atoms with Gasteiger partial charge < -0.3 is 0 Å². The second-order valence-electron chi connectivity index (χ2n) is 2.11. The maximum absolute atomic E-state index is 4.17. The van der Waals surface area contributed by atoms with Crippen LogP contribution in [-0.4, -0.2) is 4.98 Å². The van der Waals surface area contributed by atoms with Crippen LogP contribution in [0.1, 0.15) is 0 Å². The summed E-state index contributed by atoms with van der Waals surface area (Å²) in [7, 11) is 0. The maximum atomic E-state index is 4.17. The first-order valence-corrected chi connectivity index (χ1v) is 4.21. The lowest BCUT2D eigenvalue weighted by Crippen LogP contribution is -1.72. The lowest BCUT2D eigenvalue weighted by atomic mass is 10.2. The van der Waals surface area contributed by atoms with Gasteiger partial charge in [0.05, 0.1) is 0 Å². The van der Waals surface area contributed by atoms with E-state index in [0.717, 1.165) is 10.6 Å². The summed E-state index contributed by atoms with van der Waals surface area (Å²) < 4.78 is 0. The Kier molecular flexibility index (Phi) is 1.69. The third kappa shape index (κ3) is 1.30. The van der Waals surface area contributed by atoms with Crippen LogP contribution in [-0.2, 0) is 0 Å². The van der Waals surface area contributed by atoms with Crippen molar-refractivity contribution in [3.8, 4) is 10.6 Å². The zero-order chi connectivity index (χ0) is 7.52. The Hall–Kier alpha value is -1.15. The zero-order valence-electron chi connectivity index (χ0n) is 5.82. The van der Waals surface area contributed by atoms with Crippen molar-refractivity contribution >= 4 is 11.3 Å². The molecule has 0 aliphatic heterocycles. The van der Waals surface area contributed by atoms with Crippen molar-refractivity contribution in [1.82, 2.24) is 4.98 Å². The van der Waals surface area contributed by atoms with Crippen LogP contribution in [0.4, 0.5) is 0 Å². The molecule has 1 nitrogen and oxygen atoms in total. The van der Waals surface area contributed by atoms with Crippen molar-refractivity contribution in [2.45, 2.75) is 0 Å². The first kappa shape index (κ1) is 6.55. The van der Waals surface area contributed by atoms with E-state index in [-0.39, 0.29) is 0 Å². The third-order valence-electron chi connectivity index (χ3n) is 1.37. The number of rotatable bonds is 1. The molecule has 1 radical (unpaired) electrons. The van der Waals surface area contributed by atoms with Crippen LogP contribution in [0.15, 0.2) is 35.8 Å². The Morgan fingerprint density at radius 2 is 2.36 bits per heavy atom. The van der Waals surface area contributed by atoms with Crippen LogP contribution < -0.4 is 0 Å². The van der Waals surface area contributed by atoms with Crippen molar-refractivity contribution in [2.24, 2.45) is 0 Å². The van der Waals surface area contributed by atoms with Crippen LogP contribution in [0.5, 0.6) is 0 Å². The highest BCUT2D eigenvalue weighted by Crippen LogP contribution is 2.19. The van der Waals surface area contributed by atoms with E-state index in [0.29, 0.717) is 0 Å². The Bertz CT molecular complexity index is 313. The lowest BCUT2D eigenvalue weighted by Gasteiger charge is -1.91. The topological polar surface area (TPSA) is 12.9 Å². The molecular weight excluding hydrogens is 154 g/mol. The smallest absolute Gasteiger partial charge is 0.123 e. The Labute approximate surface area is 69.3 Å². The standard InChI is InChI=1S/C9H6NS/c1-2-4-8(5-3-1)9-10-6-7-11-9/h1-4,6-7H. The first-order chi connectivity index (χ1) is 5.47. The fraction of sp³-hybridized carbons (Fsp3) is 0. The fourth-order valence-corrected chi connectivity index (χ4v) is 1.51. The molecule has 0 unspecified atom stereocenters. The number of aromatic nitrogens is 1. The van der Waals surface area contributed by atoms with E-state index in [4.69, 9.17) is 0 Å². The van der Waals surface area contributed by atoms with Crippen LogP contribution in [0.3, 0.4) is 0 Å². The van der Waals surface area contributed by atoms with Gasteiger partial charge in [-0.1, -0.05) is 24.3 Å². The fourth-order valence-electron chi connectivity index (χ4n) is 0.883. The highest BCUT2D eigenvalue weighted by molar-refractivity contribution is 7.13. The van der Waals surface area contributed by atoms with Gasteiger partial charge in [-0.15, -0.1) is 11.3 Å². The zero-order valence-corrected chi connectivity index (χ0v) is 6.64. The summed E-state index contributed by atoms with van der Waals surface area (Å²) in [5, 5.41) is 3.00. The van der Waals surface area contributed by atoms with E-state index in [1.807, 2.05) is 29.6 Å². The van der Waals surface area contributed by atoms with Gasteiger partial charge in [-0.2, -0.15) is 0 Å².